The normalized spacial score (nSPS) is 10.6. The molecule has 29 heavy (non-hydrogen) atoms. The smallest absolute Gasteiger partial charge is 0.230 e. The van der Waals surface area contributed by atoms with Gasteiger partial charge in [0.1, 0.15) is 31.3 Å². The second-order valence-corrected chi connectivity index (χ2v) is 6.27. The van der Waals surface area contributed by atoms with Gasteiger partial charge in [-0.25, -0.2) is 14.6 Å². The van der Waals surface area contributed by atoms with E-state index in [9.17, 15) is 4.79 Å². The number of anilines is 1. The molecule has 8 nitrogen and oxygen atoms in total. The first-order chi connectivity index (χ1) is 14.3. The maximum Gasteiger partial charge on any atom is 0.230 e. The number of benzene rings is 2. The van der Waals surface area contributed by atoms with Crippen LogP contribution in [0.2, 0.25) is 0 Å². The van der Waals surface area contributed by atoms with Crippen molar-refractivity contribution in [3.05, 3.63) is 79.2 Å². The van der Waals surface area contributed by atoms with Crippen molar-refractivity contribution in [1.82, 2.24) is 19.7 Å². The Hall–Kier alpha value is -3.94. The van der Waals surface area contributed by atoms with E-state index >= 15 is 0 Å². The lowest BCUT2D eigenvalue weighted by atomic mass is 10.2. The Morgan fingerprint density at radius 2 is 2.03 bits per heavy atom. The molecule has 0 aliphatic rings. The van der Waals surface area contributed by atoms with E-state index in [0.717, 1.165) is 5.56 Å². The minimum Gasteiger partial charge on any atom is -0.492 e. The maximum absolute atomic E-state index is 12.4. The fraction of sp³-hybridized carbons (Fsp3) is 0.143. The Labute approximate surface area is 167 Å². The molecule has 0 saturated carbocycles. The summed E-state index contributed by atoms with van der Waals surface area (Å²) in [6.45, 7) is 1.04. The zero-order chi connectivity index (χ0) is 19.9. The molecule has 0 saturated heterocycles. The third-order valence-corrected chi connectivity index (χ3v) is 4.09. The van der Waals surface area contributed by atoms with Crippen molar-refractivity contribution in [1.29, 1.82) is 0 Å². The minimum atomic E-state index is -0.183. The van der Waals surface area contributed by atoms with Gasteiger partial charge in [-0.2, -0.15) is 5.10 Å². The highest BCUT2D eigenvalue weighted by Crippen LogP contribution is 2.20. The van der Waals surface area contributed by atoms with Gasteiger partial charge in [0.15, 0.2) is 0 Å². The lowest BCUT2D eigenvalue weighted by Gasteiger charge is -2.09. The molecule has 0 fully saturated rings. The molecule has 4 rings (SSSR count). The Morgan fingerprint density at radius 3 is 2.86 bits per heavy atom. The third-order valence-electron chi connectivity index (χ3n) is 4.09. The van der Waals surface area contributed by atoms with Crippen molar-refractivity contribution in [2.45, 2.75) is 13.0 Å². The number of nitrogens with one attached hydrogen (secondary N) is 1. The number of aromatic nitrogens is 4. The highest BCUT2D eigenvalue weighted by atomic mass is 16.5. The lowest BCUT2D eigenvalue weighted by molar-refractivity contribution is -0.115. The SMILES string of the molecule is O=C(Cc1coc(-c2ccccc2)n1)Nc1cccc(OCCn2cncn2)c1. The minimum absolute atomic E-state index is 0.119. The summed E-state index contributed by atoms with van der Waals surface area (Å²) in [4.78, 5) is 20.6. The molecular formula is C21H19N5O3. The summed E-state index contributed by atoms with van der Waals surface area (Å²) in [6.07, 6.45) is 4.74. The van der Waals surface area contributed by atoms with Crippen molar-refractivity contribution < 1.29 is 13.9 Å². The van der Waals surface area contributed by atoms with Gasteiger partial charge in [0, 0.05) is 17.3 Å². The number of ether oxygens (including phenoxy) is 1. The maximum atomic E-state index is 12.4. The summed E-state index contributed by atoms with van der Waals surface area (Å²) in [6, 6.07) is 16.8. The number of carbonyl (C=O) groups is 1. The van der Waals surface area contributed by atoms with E-state index in [-0.39, 0.29) is 12.3 Å². The molecule has 4 aromatic rings. The Bertz CT molecular complexity index is 1060. The van der Waals surface area contributed by atoms with Crippen LogP contribution in [-0.2, 0) is 17.8 Å². The van der Waals surface area contributed by atoms with E-state index in [1.807, 2.05) is 42.5 Å². The molecule has 0 aliphatic heterocycles. The van der Waals surface area contributed by atoms with Gasteiger partial charge in [0.05, 0.1) is 18.7 Å². The largest absolute Gasteiger partial charge is 0.492 e. The van der Waals surface area contributed by atoms with Gasteiger partial charge < -0.3 is 14.5 Å². The van der Waals surface area contributed by atoms with Crippen LogP contribution in [0.15, 0.2) is 77.9 Å². The molecular weight excluding hydrogens is 370 g/mol. The number of carbonyl (C=O) groups excluding carboxylic acids is 1. The van der Waals surface area contributed by atoms with E-state index in [0.29, 0.717) is 36.2 Å². The van der Waals surface area contributed by atoms with E-state index in [2.05, 4.69) is 20.4 Å². The van der Waals surface area contributed by atoms with Gasteiger partial charge in [-0.05, 0) is 24.3 Å². The molecule has 1 N–H and O–H groups in total. The van der Waals surface area contributed by atoms with Crippen molar-refractivity contribution in [2.24, 2.45) is 0 Å². The molecule has 2 heterocycles. The van der Waals surface area contributed by atoms with Crippen LogP contribution in [0.1, 0.15) is 5.69 Å². The Morgan fingerprint density at radius 1 is 1.14 bits per heavy atom. The number of oxazole rings is 1. The molecule has 0 radical (unpaired) electrons. The Balaban J connectivity index is 1.31. The number of hydrogen-bond donors (Lipinski definition) is 1. The summed E-state index contributed by atoms with van der Waals surface area (Å²) < 4.78 is 12.9. The summed E-state index contributed by atoms with van der Waals surface area (Å²) >= 11 is 0. The van der Waals surface area contributed by atoms with Gasteiger partial charge in [0.2, 0.25) is 11.8 Å². The van der Waals surface area contributed by atoms with Crippen molar-refractivity contribution in [2.75, 3.05) is 11.9 Å². The predicted molar refractivity (Wildman–Crippen MR) is 106 cm³/mol. The van der Waals surface area contributed by atoms with Gasteiger partial charge in [-0.15, -0.1) is 0 Å². The van der Waals surface area contributed by atoms with Crippen LogP contribution in [0.4, 0.5) is 5.69 Å². The quantitative estimate of drug-likeness (QED) is 0.497. The highest BCUT2D eigenvalue weighted by molar-refractivity contribution is 5.92. The average Bonchev–Trinajstić information content (AvgIpc) is 3.41. The van der Waals surface area contributed by atoms with Crippen LogP contribution in [0.25, 0.3) is 11.5 Å². The van der Waals surface area contributed by atoms with Crippen LogP contribution in [-0.4, -0.2) is 32.3 Å². The number of amides is 1. The monoisotopic (exact) mass is 389 g/mol. The standard InChI is InChI=1S/C21H19N5O3/c27-20(12-18-13-29-21(25-18)16-5-2-1-3-6-16)24-17-7-4-8-19(11-17)28-10-9-26-15-22-14-23-26/h1-8,11,13-15H,9-10,12H2,(H,24,27). The van der Waals surface area contributed by atoms with Crippen LogP contribution in [0, 0.1) is 0 Å². The second kappa shape index (κ2) is 8.83. The van der Waals surface area contributed by atoms with Crippen LogP contribution < -0.4 is 10.1 Å². The van der Waals surface area contributed by atoms with Crippen LogP contribution in [0.3, 0.4) is 0 Å². The highest BCUT2D eigenvalue weighted by Gasteiger charge is 2.11. The topological polar surface area (TPSA) is 95.1 Å². The average molecular weight is 389 g/mol. The molecule has 2 aromatic carbocycles. The van der Waals surface area contributed by atoms with Crippen molar-refractivity contribution in [3.8, 4) is 17.2 Å². The van der Waals surface area contributed by atoms with E-state index in [4.69, 9.17) is 9.15 Å². The summed E-state index contributed by atoms with van der Waals surface area (Å²) in [7, 11) is 0. The Kier molecular flexibility index (Phi) is 5.61. The molecule has 1 amide bonds. The number of nitrogens with zero attached hydrogens (tertiary/aromatic N) is 4. The van der Waals surface area contributed by atoms with Gasteiger partial charge >= 0.3 is 0 Å². The number of rotatable bonds is 8. The van der Waals surface area contributed by atoms with E-state index < -0.39 is 0 Å². The van der Waals surface area contributed by atoms with Crippen molar-refractivity contribution in [3.63, 3.8) is 0 Å². The fourth-order valence-electron chi connectivity index (χ4n) is 2.74. The van der Waals surface area contributed by atoms with E-state index in [1.165, 1.54) is 12.6 Å². The molecule has 0 aliphatic carbocycles. The van der Waals surface area contributed by atoms with Gasteiger partial charge in [-0.3, -0.25) is 4.79 Å². The zero-order valence-electron chi connectivity index (χ0n) is 15.6. The fourth-order valence-corrected chi connectivity index (χ4v) is 2.74. The molecule has 2 aromatic heterocycles. The van der Waals surface area contributed by atoms with Gasteiger partial charge in [0.25, 0.3) is 0 Å². The molecule has 0 unspecified atom stereocenters. The zero-order valence-corrected chi connectivity index (χ0v) is 15.6. The first kappa shape index (κ1) is 18.4. The predicted octanol–water partition coefficient (Wildman–Crippen LogP) is 3.19. The third kappa shape index (κ3) is 5.07. The first-order valence-corrected chi connectivity index (χ1v) is 9.11. The molecule has 8 heteroatoms. The van der Waals surface area contributed by atoms with Crippen LogP contribution in [0.5, 0.6) is 5.75 Å². The van der Waals surface area contributed by atoms with Crippen molar-refractivity contribution >= 4 is 11.6 Å². The lowest BCUT2D eigenvalue weighted by Crippen LogP contribution is -2.14. The molecule has 146 valence electrons. The second-order valence-electron chi connectivity index (χ2n) is 6.27. The summed E-state index contributed by atoms with van der Waals surface area (Å²) in [5, 5.41) is 6.88. The summed E-state index contributed by atoms with van der Waals surface area (Å²) in [5.74, 6) is 0.976. The molecule has 0 spiro atoms. The molecule has 0 atom stereocenters. The van der Waals surface area contributed by atoms with Crippen LogP contribution >= 0.6 is 0 Å². The molecule has 0 bridgehead atoms. The number of hydrogen-bond acceptors (Lipinski definition) is 6. The summed E-state index contributed by atoms with van der Waals surface area (Å²) in [5.41, 5.74) is 2.09. The van der Waals surface area contributed by atoms with Gasteiger partial charge in [-0.1, -0.05) is 24.3 Å². The first-order valence-electron chi connectivity index (χ1n) is 9.11. The van der Waals surface area contributed by atoms with E-state index in [1.54, 1.807) is 23.1 Å².